The molecule has 2 aromatic carbocycles. The van der Waals surface area contributed by atoms with Crippen molar-refractivity contribution in [2.45, 2.75) is 24.8 Å². The van der Waals surface area contributed by atoms with Gasteiger partial charge in [0.2, 0.25) is 5.91 Å². The minimum Gasteiger partial charge on any atom is -0.398 e. The molecule has 0 spiro atoms. The van der Waals surface area contributed by atoms with Crippen molar-refractivity contribution in [2.24, 2.45) is 0 Å². The molecule has 0 fully saturated rings. The van der Waals surface area contributed by atoms with Crippen molar-refractivity contribution in [3.05, 3.63) is 59.7 Å². The van der Waals surface area contributed by atoms with Crippen LogP contribution in [0.25, 0.3) is 0 Å². The fourth-order valence-corrected chi connectivity index (χ4v) is 2.89. The number of para-hydroxylation sites is 1. The summed E-state index contributed by atoms with van der Waals surface area (Å²) in [5.74, 6) is 0.377. The molecule has 1 unspecified atom stereocenters. The molecule has 2 aromatic rings. The van der Waals surface area contributed by atoms with Crippen LogP contribution in [0.5, 0.6) is 0 Å². The summed E-state index contributed by atoms with van der Waals surface area (Å²) < 4.78 is 0. The smallest absolute Gasteiger partial charge is 0.230 e. The third kappa shape index (κ3) is 4.26. The largest absolute Gasteiger partial charge is 0.398 e. The number of amides is 1. The molecule has 0 heterocycles. The number of carbonyl (C=O) groups is 1. The molecule has 21 heavy (non-hydrogen) atoms. The standard InChI is InChI=1S/C17H20N2OS/c1-12-7-6-10-15(17(12)18)21-11-16(20)19-13(2)14-8-4-3-5-9-14/h3-10,13H,11,18H2,1-2H3,(H,19,20). The van der Waals surface area contributed by atoms with Crippen molar-refractivity contribution in [1.82, 2.24) is 5.32 Å². The van der Waals surface area contributed by atoms with Crippen LogP contribution in [0.2, 0.25) is 0 Å². The second-order valence-corrected chi connectivity index (χ2v) is 5.99. The van der Waals surface area contributed by atoms with Crippen molar-refractivity contribution < 1.29 is 4.79 Å². The molecule has 0 radical (unpaired) electrons. The van der Waals surface area contributed by atoms with E-state index >= 15 is 0 Å². The Hall–Kier alpha value is -1.94. The average molecular weight is 300 g/mol. The zero-order chi connectivity index (χ0) is 15.2. The van der Waals surface area contributed by atoms with Gasteiger partial charge in [-0.2, -0.15) is 0 Å². The van der Waals surface area contributed by atoms with Crippen molar-refractivity contribution in [3.8, 4) is 0 Å². The van der Waals surface area contributed by atoms with Crippen molar-refractivity contribution in [1.29, 1.82) is 0 Å². The first-order chi connectivity index (χ1) is 10.1. The third-order valence-electron chi connectivity index (χ3n) is 3.32. The van der Waals surface area contributed by atoms with E-state index in [1.807, 2.05) is 62.4 Å². The molecule has 3 nitrogen and oxygen atoms in total. The maximum Gasteiger partial charge on any atom is 0.230 e. The first kappa shape index (κ1) is 15.4. The van der Waals surface area contributed by atoms with E-state index in [2.05, 4.69) is 5.32 Å². The molecule has 3 N–H and O–H groups in total. The first-order valence-electron chi connectivity index (χ1n) is 6.90. The molecule has 110 valence electrons. The van der Waals surface area contributed by atoms with Crippen molar-refractivity contribution >= 4 is 23.4 Å². The highest BCUT2D eigenvalue weighted by Crippen LogP contribution is 2.27. The maximum absolute atomic E-state index is 12.0. The molecule has 0 saturated carbocycles. The second kappa shape index (κ2) is 7.18. The molecule has 2 rings (SSSR count). The van der Waals surface area contributed by atoms with E-state index < -0.39 is 0 Å². The molecule has 0 saturated heterocycles. The number of nitrogens with two attached hydrogens (primary N) is 1. The Kier molecular flexibility index (Phi) is 5.28. The van der Waals surface area contributed by atoms with Gasteiger partial charge in [0.15, 0.2) is 0 Å². The molecule has 4 heteroatoms. The summed E-state index contributed by atoms with van der Waals surface area (Å²) in [6.07, 6.45) is 0. The minimum atomic E-state index is 0.00848. The number of rotatable bonds is 5. The second-order valence-electron chi connectivity index (χ2n) is 4.98. The number of nitrogen functional groups attached to an aromatic ring is 1. The van der Waals surface area contributed by atoms with Crippen LogP contribution in [-0.2, 0) is 4.79 Å². The van der Waals surface area contributed by atoms with Gasteiger partial charge in [-0.15, -0.1) is 11.8 Å². The Morgan fingerprint density at radius 3 is 2.62 bits per heavy atom. The van der Waals surface area contributed by atoms with Gasteiger partial charge in [0.25, 0.3) is 0 Å². The predicted molar refractivity (Wildman–Crippen MR) is 89.3 cm³/mol. The molecule has 0 aliphatic carbocycles. The minimum absolute atomic E-state index is 0.00848. The summed E-state index contributed by atoms with van der Waals surface area (Å²) in [6, 6.07) is 15.8. The van der Waals surface area contributed by atoms with Crippen LogP contribution in [0.3, 0.4) is 0 Å². The van der Waals surface area contributed by atoms with Gasteiger partial charge in [0.1, 0.15) is 0 Å². The van der Waals surface area contributed by atoms with Crippen molar-refractivity contribution in [2.75, 3.05) is 11.5 Å². The fraction of sp³-hybridized carbons (Fsp3) is 0.235. The molecule has 0 aliphatic heterocycles. The Morgan fingerprint density at radius 1 is 1.19 bits per heavy atom. The fourth-order valence-electron chi connectivity index (χ4n) is 2.03. The van der Waals surface area contributed by atoms with E-state index in [-0.39, 0.29) is 11.9 Å². The highest BCUT2D eigenvalue weighted by molar-refractivity contribution is 8.00. The monoisotopic (exact) mass is 300 g/mol. The van der Waals surface area contributed by atoms with Gasteiger partial charge in [-0.05, 0) is 31.0 Å². The predicted octanol–water partition coefficient (Wildman–Crippen LogP) is 3.55. The van der Waals surface area contributed by atoms with Crippen LogP contribution in [0.1, 0.15) is 24.1 Å². The van der Waals surface area contributed by atoms with Gasteiger partial charge < -0.3 is 11.1 Å². The highest BCUT2D eigenvalue weighted by Gasteiger charge is 2.10. The SMILES string of the molecule is Cc1cccc(SCC(=O)NC(C)c2ccccc2)c1N. The summed E-state index contributed by atoms with van der Waals surface area (Å²) >= 11 is 1.47. The summed E-state index contributed by atoms with van der Waals surface area (Å²) in [7, 11) is 0. The van der Waals surface area contributed by atoms with Gasteiger partial charge in [-0.1, -0.05) is 42.5 Å². The number of hydrogen-bond donors (Lipinski definition) is 2. The topological polar surface area (TPSA) is 55.1 Å². The van der Waals surface area contributed by atoms with E-state index in [1.165, 1.54) is 11.8 Å². The quantitative estimate of drug-likeness (QED) is 0.656. The van der Waals surface area contributed by atoms with Crippen LogP contribution in [-0.4, -0.2) is 11.7 Å². The maximum atomic E-state index is 12.0. The van der Waals surface area contributed by atoms with Crippen LogP contribution in [0.4, 0.5) is 5.69 Å². The molecular formula is C17H20N2OS. The van der Waals surface area contributed by atoms with Crippen LogP contribution in [0, 0.1) is 6.92 Å². The normalized spacial score (nSPS) is 11.9. The van der Waals surface area contributed by atoms with E-state index in [4.69, 9.17) is 5.73 Å². The zero-order valence-corrected chi connectivity index (χ0v) is 13.1. The van der Waals surface area contributed by atoms with E-state index in [1.54, 1.807) is 0 Å². The molecule has 0 aromatic heterocycles. The third-order valence-corrected chi connectivity index (χ3v) is 4.39. The first-order valence-corrected chi connectivity index (χ1v) is 7.88. The summed E-state index contributed by atoms with van der Waals surface area (Å²) in [6.45, 7) is 3.95. The lowest BCUT2D eigenvalue weighted by Gasteiger charge is -2.14. The Labute approximate surface area is 129 Å². The molecule has 1 amide bonds. The molecule has 0 bridgehead atoms. The van der Waals surface area contributed by atoms with E-state index in [0.717, 1.165) is 21.7 Å². The molecule has 0 aliphatic rings. The number of anilines is 1. The lowest BCUT2D eigenvalue weighted by atomic mass is 10.1. The summed E-state index contributed by atoms with van der Waals surface area (Å²) in [5, 5.41) is 3.00. The summed E-state index contributed by atoms with van der Waals surface area (Å²) in [4.78, 5) is 13.0. The zero-order valence-electron chi connectivity index (χ0n) is 12.3. The lowest BCUT2D eigenvalue weighted by molar-refractivity contribution is -0.119. The van der Waals surface area contributed by atoms with Gasteiger partial charge in [0, 0.05) is 10.6 Å². The Balaban J connectivity index is 1.89. The lowest BCUT2D eigenvalue weighted by Crippen LogP contribution is -2.28. The number of thioether (sulfide) groups is 1. The van der Waals surface area contributed by atoms with Gasteiger partial charge in [0.05, 0.1) is 11.8 Å². The van der Waals surface area contributed by atoms with Crippen LogP contribution >= 0.6 is 11.8 Å². The van der Waals surface area contributed by atoms with Crippen LogP contribution in [0.15, 0.2) is 53.4 Å². The Bertz CT molecular complexity index is 613. The number of nitrogens with one attached hydrogen (secondary N) is 1. The van der Waals surface area contributed by atoms with Crippen molar-refractivity contribution in [3.63, 3.8) is 0 Å². The van der Waals surface area contributed by atoms with E-state index in [0.29, 0.717) is 5.75 Å². The van der Waals surface area contributed by atoms with Gasteiger partial charge >= 0.3 is 0 Å². The number of aryl methyl sites for hydroxylation is 1. The number of benzene rings is 2. The molecular weight excluding hydrogens is 280 g/mol. The number of carbonyl (C=O) groups excluding carboxylic acids is 1. The van der Waals surface area contributed by atoms with E-state index in [9.17, 15) is 4.79 Å². The Morgan fingerprint density at radius 2 is 1.90 bits per heavy atom. The highest BCUT2D eigenvalue weighted by atomic mass is 32.2. The average Bonchev–Trinajstić information content (AvgIpc) is 2.49. The van der Waals surface area contributed by atoms with Gasteiger partial charge in [-0.3, -0.25) is 4.79 Å². The number of hydrogen-bond acceptors (Lipinski definition) is 3. The molecule has 1 atom stereocenters. The van der Waals surface area contributed by atoms with Gasteiger partial charge in [-0.25, -0.2) is 0 Å². The summed E-state index contributed by atoms with van der Waals surface area (Å²) in [5.41, 5.74) is 8.91. The van der Waals surface area contributed by atoms with Crippen LogP contribution < -0.4 is 11.1 Å².